The summed E-state index contributed by atoms with van der Waals surface area (Å²) in [6.45, 7) is 4.13. The number of amides is 2. The van der Waals surface area contributed by atoms with Crippen LogP contribution in [0.3, 0.4) is 0 Å². The largest absolute Gasteiger partial charge is 0.382 e. The van der Waals surface area contributed by atoms with Crippen molar-refractivity contribution in [2.45, 2.75) is 38.6 Å². The van der Waals surface area contributed by atoms with Gasteiger partial charge in [-0.15, -0.1) is 0 Å². The maximum atomic E-state index is 11.2. The van der Waals surface area contributed by atoms with Crippen molar-refractivity contribution < 1.29 is 9.53 Å². The maximum Gasteiger partial charge on any atom is 0.315 e. The molecule has 0 bridgehead atoms. The van der Waals surface area contributed by atoms with Gasteiger partial charge in [0, 0.05) is 25.8 Å². The zero-order valence-corrected chi connectivity index (χ0v) is 8.84. The molecule has 1 aliphatic rings. The lowest BCUT2D eigenvalue weighted by atomic mass is 9.93. The van der Waals surface area contributed by atoms with E-state index in [2.05, 4.69) is 10.6 Å². The molecule has 1 aliphatic carbocycles. The van der Waals surface area contributed by atoms with Gasteiger partial charge in [0.15, 0.2) is 0 Å². The van der Waals surface area contributed by atoms with Crippen LogP contribution in [0.15, 0.2) is 0 Å². The van der Waals surface area contributed by atoms with Gasteiger partial charge in [-0.2, -0.15) is 0 Å². The van der Waals surface area contributed by atoms with Crippen molar-refractivity contribution in [1.82, 2.24) is 10.6 Å². The van der Waals surface area contributed by atoms with Gasteiger partial charge in [0.25, 0.3) is 0 Å². The summed E-state index contributed by atoms with van der Waals surface area (Å²) in [7, 11) is 0. The zero-order valence-electron chi connectivity index (χ0n) is 8.84. The SMILES string of the molecule is CCOCCCNC(=O)NC1CCC1. The lowest BCUT2D eigenvalue weighted by molar-refractivity contribution is 0.145. The number of nitrogens with one attached hydrogen (secondary N) is 2. The van der Waals surface area contributed by atoms with Gasteiger partial charge in [0.1, 0.15) is 0 Å². The Morgan fingerprint density at radius 3 is 2.86 bits per heavy atom. The predicted molar refractivity (Wildman–Crippen MR) is 55.3 cm³/mol. The highest BCUT2D eigenvalue weighted by molar-refractivity contribution is 5.74. The number of hydrogen-bond donors (Lipinski definition) is 2. The average molecular weight is 200 g/mol. The first-order chi connectivity index (χ1) is 6.83. The molecular weight excluding hydrogens is 180 g/mol. The highest BCUT2D eigenvalue weighted by Crippen LogP contribution is 2.17. The Hall–Kier alpha value is -0.770. The molecule has 4 nitrogen and oxygen atoms in total. The Kier molecular flexibility index (Phi) is 5.37. The van der Waals surface area contributed by atoms with E-state index in [4.69, 9.17) is 4.74 Å². The molecule has 14 heavy (non-hydrogen) atoms. The Bertz CT molecular complexity index is 170. The number of rotatable bonds is 6. The van der Waals surface area contributed by atoms with E-state index >= 15 is 0 Å². The number of carbonyl (C=O) groups excluding carboxylic acids is 1. The summed E-state index contributed by atoms with van der Waals surface area (Å²) in [6, 6.07) is 0.382. The molecule has 1 rings (SSSR count). The Morgan fingerprint density at radius 1 is 1.50 bits per heavy atom. The molecule has 0 aromatic rings. The number of ether oxygens (including phenoxy) is 1. The molecule has 1 fully saturated rings. The van der Waals surface area contributed by atoms with Crippen LogP contribution in [0.1, 0.15) is 32.6 Å². The van der Waals surface area contributed by atoms with Crippen LogP contribution in [0.4, 0.5) is 4.79 Å². The Morgan fingerprint density at radius 2 is 2.29 bits per heavy atom. The quantitative estimate of drug-likeness (QED) is 0.634. The van der Waals surface area contributed by atoms with Crippen molar-refractivity contribution in [2.24, 2.45) is 0 Å². The fraction of sp³-hybridized carbons (Fsp3) is 0.900. The summed E-state index contributed by atoms with van der Waals surface area (Å²) >= 11 is 0. The number of hydrogen-bond acceptors (Lipinski definition) is 2. The van der Waals surface area contributed by atoms with Crippen LogP contribution in [0, 0.1) is 0 Å². The van der Waals surface area contributed by atoms with E-state index in [0.717, 1.165) is 32.5 Å². The third-order valence-electron chi connectivity index (χ3n) is 2.40. The number of carbonyl (C=O) groups is 1. The summed E-state index contributed by atoms with van der Waals surface area (Å²) in [5, 5.41) is 5.73. The van der Waals surface area contributed by atoms with E-state index < -0.39 is 0 Å². The van der Waals surface area contributed by atoms with Gasteiger partial charge in [0.05, 0.1) is 0 Å². The smallest absolute Gasteiger partial charge is 0.315 e. The molecule has 2 N–H and O–H groups in total. The van der Waals surface area contributed by atoms with Crippen LogP contribution in [-0.2, 0) is 4.74 Å². The molecule has 0 atom stereocenters. The Balaban J connectivity index is 1.87. The van der Waals surface area contributed by atoms with E-state index in [1.54, 1.807) is 0 Å². The molecule has 0 heterocycles. The first-order valence-corrected chi connectivity index (χ1v) is 5.45. The third-order valence-corrected chi connectivity index (χ3v) is 2.40. The monoisotopic (exact) mass is 200 g/mol. The van der Waals surface area contributed by atoms with Gasteiger partial charge in [0.2, 0.25) is 0 Å². The maximum absolute atomic E-state index is 11.2. The molecule has 82 valence electrons. The fourth-order valence-corrected chi connectivity index (χ4v) is 1.31. The van der Waals surface area contributed by atoms with Crippen LogP contribution in [0.5, 0.6) is 0 Å². The molecule has 0 aromatic heterocycles. The molecule has 0 aromatic carbocycles. The summed E-state index contributed by atoms with van der Waals surface area (Å²) in [4.78, 5) is 11.2. The Labute approximate surface area is 85.4 Å². The standard InChI is InChI=1S/C10H20N2O2/c1-2-14-8-4-7-11-10(13)12-9-5-3-6-9/h9H,2-8H2,1H3,(H2,11,12,13). The summed E-state index contributed by atoms with van der Waals surface area (Å²) in [5.41, 5.74) is 0. The van der Waals surface area contributed by atoms with Crippen molar-refractivity contribution in [3.8, 4) is 0 Å². The lowest BCUT2D eigenvalue weighted by Gasteiger charge is -2.26. The topological polar surface area (TPSA) is 50.4 Å². The summed E-state index contributed by atoms with van der Waals surface area (Å²) < 4.78 is 5.16. The highest BCUT2D eigenvalue weighted by atomic mass is 16.5. The fourth-order valence-electron chi connectivity index (χ4n) is 1.31. The zero-order chi connectivity index (χ0) is 10.2. The van der Waals surface area contributed by atoms with Crippen LogP contribution in [-0.4, -0.2) is 31.8 Å². The molecule has 0 radical (unpaired) electrons. The minimum atomic E-state index is -0.0359. The van der Waals surface area contributed by atoms with Gasteiger partial charge >= 0.3 is 6.03 Å². The van der Waals surface area contributed by atoms with Crippen molar-refractivity contribution in [2.75, 3.05) is 19.8 Å². The summed E-state index contributed by atoms with van der Waals surface area (Å²) in [5.74, 6) is 0. The molecule has 0 spiro atoms. The molecule has 4 heteroatoms. The van der Waals surface area contributed by atoms with Gasteiger partial charge in [-0.05, 0) is 32.6 Å². The third kappa shape index (κ3) is 4.46. The van der Waals surface area contributed by atoms with Crippen molar-refractivity contribution in [3.05, 3.63) is 0 Å². The van der Waals surface area contributed by atoms with Crippen molar-refractivity contribution in [1.29, 1.82) is 0 Å². The van der Waals surface area contributed by atoms with Crippen LogP contribution in [0.25, 0.3) is 0 Å². The van der Waals surface area contributed by atoms with E-state index in [1.807, 2.05) is 6.92 Å². The minimum absolute atomic E-state index is 0.0359. The van der Waals surface area contributed by atoms with Gasteiger partial charge in [-0.25, -0.2) is 4.79 Å². The van der Waals surface area contributed by atoms with Crippen molar-refractivity contribution >= 4 is 6.03 Å². The first kappa shape index (κ1) is 11.3. The molecular formula is C10H20N2O2. The van der Waals surface area contributed by atoms with Gasteiger partial charge < -0.3 is 15.4 Å². The normalized spacial score (nSPS) is 16.1. The molecule has 0 unspecified atom stereocenters. The van der Waals surface area contributed by atoms with E-state index in [0.29, 0.717) is 12.6 Å². The van der Waals surface area contributed by atoms with E-state index in [9.17, 15) is 4.79 Å². The molecule has 1 saturated carbocycles. The van der Waals surface area contributed by atoms with Crippen molar-refractivity contribution in [3.63, 3.8) is 0 Å². The minimum Gasteiger partial charge on any atom is -0.382 e. The lowest BCUT2D eigenvalue weighted by Crippen LogP contribution is -2.45. The van der Waals surface area contributed by atoms with Gasteiger partial charge in [-0.1, -0.05) is 0 Å². The highest BCUT2D eigenvalue weighted by Gasteiger charge is 2.18. The number of urea groups is 1. The molecule has 2 amide bonds. The van der Waals surface area contributed by atoms with Crippen LogP contribution in [0.2, 0.25) is 0 Å². The molecule has 0 saturated heterocycles. The second kappa shape index (κ2) is 6.65. The second-order valence-electron chi connectivity index (χ2n) is 3.58. The predicted octanol–water partition coefficient (Wildman–Crippen LogP) is 1.26. The molecule has 0 aliphatic heterocycles. The first-order valence-electron chi connectivity index (χ1n) is 5.45. The average Bonchev–Trinajstić information content (AvgIpc) is 2.11. The van der Waals surface area contributed by atoms with E-state index in [-0.39, 0.29) is 6.03 Å². The summed E-state index contributed by atoms with van der Waals surface area (Å²) in [6.07, 6.45) is 4.39. The van der Waals surface area contributed by atoms with Crippen LogP contribution < -0.4 is 10.6 Å². The second-order valence-corrected chi connectivity index (χ2v) is 3.58. The van der Waals surface area contributed by atoms with Gasteiger partial charge in [-0.3, -0.25) is 0 Å². The van der Waals surface area contributed by atoms with E-state index in [1.165, 1.54) is 6.42 Å². The van der Waals surface area contributed by atoms with Crippen LogP contribution >= 0.6 is 0 Å².